The molecule has 3 aromatic heterocycles. The number of nitrogen functional groups attached to an aromatic ring is 1. The van der Waals surface area contributed by atoms with Crippen molar-refractivity contribution in [2.24, 2.45) is 11.8 Å². The van der Waals surface area contributed by atoms with Gasteiger partial charge in [0.2, 0.25) is 0 Å². The smallest absolute Gasteiger partial charge is 0.279 e. The van der Waals surface area contributed by atoms with E-state index in [0.717, 1.165) is 39.8 Å². The molecule has 0 bridgehead atoms. The molecule has 0 radical (unpaired) electrons. The Morgan fingerprint density at radius 1 is 1.08 bits per heavy atom. The first-order valence-corrected chi connectivity index (χ1v) is 14.9. The summed E-state index contributed by atoms with van der Waals surface area (Å²) in [7, 11) is -1.98. The van der Waals surface area contributed by atoms with E-state index in [1.165, 1.54) is 49.8 Å². The Morgan fingerprint density at radius 2 is 1.87 bits per heavy atom. The van der Waals surface area contributed by atoms with E-state index in [1.54, 1.807) is 0 Å². The number of nitrogens with two attached hydrogens (primary N) is 1. The minimum absolute atomic E-state index is 0.151. The molecule has 4 N–H and O–H groups in total. The SMILES string of the molecule is CNS(=O)(=O)N1CCC(c2cc(-c3ccc4cn(CC5CCCCC5)nc4c3)c3c(NN)ncnn23)CC1. The monoisotopic (exact) mass is 537 g/mol. The summed E-state index contributed by atoms with van der Waals surface area (Å²) in [5, 5.41) is 10.6. The number of hydrogen-bond acceptors (Lipinski definition) is 7. The third-order valence-corrected chi connectivity index (χ3v) is 9.79. The third kappa shape index (κ3) is 4.66. The van der Waals surface area contributed by atoms with Crippen LogP contribution in [0.5, 0.6) is 0 Å². The lowest BCUT2D eigenvalue weighted by atomic mass is 9.89. The van der Waals surface area contributed by atoms with Crippen LogP contribution in [0.3, 0.4) is 0 Å². The number of fused-ring (bicyclic) bond motifs is 2. The Bertz CT molecular complexity index is 1550. The second kappa shape index (κ2) is 10.3. The van der Waals surface area contributed by atoms with Crippen molar-refractivity contribution in [3.63, 3.8) is 0 Å². The third-order valence-electron chi connectivity index (χ3n) is 8.22. The molecule has 0 unspecified atom stereocenters. The Kier molecular flexibility index (Phi) is 6.81. The van der Waals surface area contributed by atoms with Gasteiger partial charge in [-0.2, -0.15) is 22.9 Å². The van der Waals surface area contributed by atoms with Crippen molar-refractivity contribution in [2.75, 3.05) is 25.6 Å². The average molecular weight is 538 g/mol. The normalized spacial score (nSPS) is 18.5. The molecule has 12 heteroatoms. The van der Waals surface area contributed by atoms with E-state index in [9.17, 15) is 8.42 Å². The molecule has 1 saturated heterocycles. The van der Waals surface area contributed by atoms with Crippen LogP contribution in [0.25, 0.3) is 27.5 Å². The number of nitrogens with one attached hydrogen (secondary N) is 2. The second-order valence-corrected chi connectivity index (χ2v) is 12.4. The molecule has 2 fully saturated rings. The summed E-state index contributed by atoms with van der Waals surface area (Å²) in [5.74, 6) is 7.27. The van der Waals surface area contributed by atoms with Crippen LogP contribution in [0.15, 0.2) is 36.8 Å². The van der Waals surface area contributed by atoms with Crippen molar-refractivity contribution in [2.45, 2.75) is 57.4 Å². The van der Waals surface area contributed by atoms with Gasteiger partial charge in [-0.1, -0.05) is 31.4 Å². The maximum absolute atomic E-state index is 12.3. The molecule has 1 aliphatic carbocycles. The summed E-state index contributed by atoms with van der Waals surface area (Å²) in [6.07, 6.45) is 11.6. The first kappa shape index (κ1) is 25.2. The van der Waals surface area contributed by atoms with E-state index >= 15 is 0 Å². The topological polar surface area (TPSA) is 135 Å². The van der Waals surface area contributed by atoms with Crippen molar-refractivity contribution in [3.8, 4) is 11.1 Å². The number of benzene rings is 1. The first-order chi connectivity index (χ1) is 18.5. The van der Waals surface area contributed by atoms with E-state index in [1.807, 2.05) is 4.52 Å². The van der Waals surface area contributed by atoms with Gasteiger partial charge in [0.15, 0.2) is 5.82 Å². The number of rotatable bonds is 7. The van der Waals surface area contributed by atoms with Crippen LogP contribution in [0.1, 0.15) is 56.6 Å². The van der Waals surface area contributed by atoms with E-state index in [-0.39, 0.29) is 5.92 Å². The van der Waals surface area contributed by atoms with E-state index in [4.69, 9.17) is 10.9 Å². The van der Waals surface area contributed by atoms with Gasteiger partial charge < -0.3 is 5.43 Å². The number of nitrogens with zero attached hydrogens (tertiary/aromatic N) is 6. The summed E-state index contributed by atoms with van der Waals surface area (Å²) < 4.78 is 32.4. The molecule has 0 spiro atoms. The molecular formula is C26H35N9O2S. The molecule has 1 aromatic carbocycles. The molecule has 4 aromatic rings. The molecule has 2 aliphatic rings. The van der Waals surface area contributed by atoms with Crippen molar-refractivity contribution in [1.82, 2.24) is 33.4 Å². The van der Waals surface area contributed by atoms with Gasteiger partial charge in [0, 0.05) is 55.4 Å². The molecule has 1 aliphatic heterocycles. The van der Waals surface area contributed by atoms with Gasteiger partial charge in [-0.15, -0.1) is 0 Å². The van der Waals surface area contributed by atoms with Crippen LogP contribution in [-0.4, -0.2) is 57.2 Å². The molecule has 6 rings (SSSR count). The summed E-state index contributed by atoms with van der Waals surface area (Å²) in [6, 6.07) is 8.52. The fourth-order valence-electron chi connectivity index (χ4n) is 6.17. The van der Waals surface area contributed by atoms with Crippen LogP contribution >= 0.6 is 0 Å². The molecule has 0 atom stereocenters. The molecule has 0 amide bonds. The van der Waals surface area contributed by atoms with E-state index in [2.05, 4.69) is 55.4 Å². The number of hydrazine groups is 1. The van der Waals surface area contributed by atoms with Crippen molar-refractivity contribution in [1.29, 1.82) is 0 Å². The predicted molar refractivity (Wildman–Crippen MR) is 148 cm³/mol. The number of aromatic nitrogens is 5. The number of anilines is 1. The fraction of sp³-hybridized carbons (Fsp3) is 0.500. The summed E-state index contributed by atoms with van der Waals surface area (Å²) >= 11 is 0. The van der Waals surface area contributed by atoms with Gasteiger partial charge in [0.25, 0.3) is 10.2 Å². The summed E-state index contributed by atoms with van der Waals surface area (Å²) in [5.41, 5.74) is 7.51. The zero-order valence-electron chi connectivity index (χ0n) is 21.7. The lowest BCUT2D eigenvalue weighted by molar-refractivity contribution is 0.309. The van der Waals surface area contributed by atoms with E-state index in [0.29, 0.717) is 37.7 Å². The zero-order valence-corrected chi connectivity index (χ0v) is 22.5. The lowest BCUT2D eigenvalue weighted by Gasteiger charge is -2.30. The minimum atomic E-state index is -3.43. The molecule has 38 heavy (non-hydrogen) atoms. The lowest BCUT2D eigenvalue weighted by Crippen LogP contribution is -2.43. The average Bonchev–Trinajstić information content (AvgIpc) is 3.54. The Balaban J connectivity index is 1.34. The quantitative estimate of drug-likeness (QED) is 0.243. The van der Waals surface area contributed by atoms with Gasteiger partial charge >= 0.3 is 0 Å². The standard InChI is InChI=1S/C26H35N9O2S/c1-28-38(36,37)34-11-9-19(10-12-34)24-14-22(25-26(31-27)29-17-30-35(24)25)20-7-8-21-16-33(32-23(21)13-20)15-18-5-3-2-4-6-18/h7-8,13-14,16-19,28H,2-6,9-12,15,27H2,1H3,(H,29,30,31). The van der Waals surface area contributed by atoms with Crippen LogP contribution in [0.2, 0.25) is 0 Å². The van der Waals surface area contributed by atoms with Crippen LogP contribution in [0, 0.1) is 5.92 Å². The van der Waals surface area contributed by atoms with Gasteiger partial charge in [0.05, 0.1) is 5.52 Å². The van der Waals surface area contributed by atoms with Crippen LogP contribution < -0.4 is 16.0 Å². The Labute approximate surface area is 222 Å². The Hall–Kier alpha value is -3.06. The van der Waals surface area contributed by atoms with Crippen molar-refractivity contribution < 1.29 is 8.42 Å². The molecule has 11 nitrogen and oxygen atoms in total. The summed E-state index contributed by atoms with van der Waals surface area (Å²) in [4.78, 5) is 4.37. The predicted octanol–water partition coefficient (Wildman–Crippen LogP) is 3.26. The zero-order chi connectivity index (χ0) is 26.3. The second-order valence-electron chi connectivity index (χ2n) is 10.5. The highest BCUT2D eigenvalue weighted by Gasteiger charge is 2.30. The maximum atomic E-state index is 12.3. The minimum Gasteiger partial charge on any atom is -0.307 e. The number of piperidine rings is 1. The van der Waals surface area contributed by atoms with Crippen molar-refractivity contribution >= 4 is 32.4 Å². The molecule has 202 valence electrons. The fourth-order valence-corrected chi connectivity index (χ4v) is 7.12. The van der Waals surface area contributed by atoms with Gasteiger partial charge in [0.1, 0.15) is 11.8 Å². The van der Waals surface area contributed by atoms with Crippen molar-refractivity contribution in [3.05, 3.63) is 42.5 Å². The maximum Gasteiger partial charge on any atom is 0.279 e. The highest BCUT2D eigenvalue weighted by molar-refractivity contribution is 7.87. The largest absolute Gasteiger partial charge is 0.307 e. The van der Waals surface area contributed by atoms with Crippen LogP contribution in [0.4, 0.5) is 5.82 Å². The van der Waals surface area contributed by atoms with Gasteiger partial charge in [-0.25, -0.2) is 20.1 Å². The van der Waals surface area contributed by atoms with Gasteiger partial charge in [-0.3, -0.25) is 4.68 Å². The van der Waals surface area contributed by atoms with E-state index < -0.39 is 10.2 Å². The van der Waals surface area contributed by atoms with Gasteiger partial charge in [-0.05, 0) is 49.3 Å². The molecular weight excluding hydrogens is 502 g/mol. The number of hydrogen-bond donors (Lipinski definition) is 3. The summed E-state index contributed by atoms with van der Waals surface area (Å²) in [6.45, 7) is 1.88. The first-order valence-electron chi connectivity index (χ1n) is 13.5. The van der Waals surface area contributed by atoms with Crippen LogP contribution in [-0.2, 0) is 16.8 Å². The molecule has 1 saturated carbocycles. The highest BCUT2D eigenvalue weighted by atomic mass is 32.2. The molecule has 4 heterocycles. The highest BCUT2D eigenvalue weighted by Crippen LogP contribution is 2.38. The Morgan fingerprint density at radius 3 is 2.61 bits per heavy atom.